The smallest absolute Gasteiger partial charge is 0.251 e. The summed E-state index contributed by atoms with van der Waals surface area (Å²) in [6, 6.07) is 16.4. The van der Waals surface area contributed by atoms with Gasteiger partial charge in [0.15, 0.2) is 11.5 Å². The van der Waals surface area contributed by atoms with Crippen LogP contribution in [0.1, 0.15) is 10.4 Å². The molecule has 2 aromatic carbocycles. The summed E-state index contributed by atoms with van der Waals surface area (Å²) < 4.78 is 23.1. The molecule has 1 aliphatic heterocycles. The fourth-order valence-electron chi connectivity index (χ4n) is 3.48. The summed E-state index contributed by atoms with van der Waals surface area (Å²) in [5.41, 5.74) is 2.08. The van der Waals surface area contributed by atoms with Crippen LogP contribution < -0.4 is 24.3 Å². The first-order chi connectivity index (χ1) is 16.5. The highest BCUT2D eigenvalue weighted by Crippen LogP contribution is 2.40. The molecule has 0 saturated carbocycles. The lowest BCUT2D eigenvalue weighted by Crippen LogP contribution is -2.40. The van der Waals surface area contributed by atoms with E-state index in [9.17, 15) is 4.79 Å². The van der Waals surface area contributed by atoms with Gasteiger partial charge < -0.3 is 29.2 Å². The zero-order chi connectivity index (χ0) is 23.9. The zero-order valence-electron chi connectivity index (χ0n) is 19.6. The first-order valence-electron chi connectivity index (χ1n) is 11.1. The van der Waals surface area contributed by atoms with Gasteiger partial charge in [-0.15, -0.1) is 0 Å². The zero-order valence-corrected chi connectivity index (χ0v) is 19.6. The van der Waals surface area contributed by atoms with Gasteiger partial charge in [0.05, 0.1) is 19.3 Å². The quantitative estimate of drug-likeness (QED) is 0.522. The number of fused-ring (bicyclic) bond motifs is 1. The number of carbonyl (C=O) groups is 1. The predicted octanol–water partition coefficient (Wildman–Crippen LogP) is 3.27. The minimum Gasteiger partial charge on any atom is -0.497 e. The van der Waals surface area contributed by atoms with Crippen LogP contribution in [0.4, 0.5) is 0 Å². The fourth-order valence-corrected chi connectivity index (χ4v) is 3.48. The highest BCUT2D eigenvalue weighted by Gasteiger charge is 2.25. The highest BCUT2D eigenvalue weighted by atomic mass is 16.6. The van der Waals surface area contributed by atoms with Crippen molar-refractivity contribution in [1.29, 1.82) is 0 Å². The molecule has 34 heavy (non-hydrogen) atoms. The standard InChI is InChI=1S/C26H29N3O5/c1-29(2)13-14-32-19-9-7-18(8-10-19)26(30)28-16-21-17-33-24-6-4-5-22(25(24)34-21)23-15-20(31-3)11-12-27-23/h4-12,15,21H,13-14,16-17H2,1-3H3,(H,28,30). The van der Waals surface area contributed by atoms with Gasteiger partial charge >= 0.3 is 0 Å². The van der Waals surface area contributed by atoms with E-state index in [0.717, 1.165) is 23.6 Å². The number of ether oxygens (including phenoxy) is 4. The van der Waals surface area contributed by atoms with Crippen molar-refractivity contribution in [2.75, 3.05) is 47.5 Å². The van der Waals surface area contributed by atoms with Crippen molar-refractivity contribution < 1.29 is 23.7 Å². The molecule has 1 aromatic heterocycles. The Bertz CT molecular complexity index is 1120. The molecule has 8 heteroatoms. The Balaban J connectivity index is 1.37. The van der Waals surface area contributed by atoms with Gasteiger partial charge in [-0.05, 0) is 56.6 Å². The maximum Gasteiger partial charge on any atom is 0.251 e. The Kier molecular flexibility index (Phi) is 7.49. The number of nitrogens with zero attached hydrogens (tertiary/aromatic N) is 2. The van der Waals surface area contributed by atoms with Crippen molar-refractivity contribution in [1.82, 2.24) is 15.2 Å². The Morgan fingerprint density at radius 2 is 1.97 bits per heavy atom. The summed E-state index contributed by atoms with van der Waals surface area (Å²) in [5.74, 6) is 2.51. The van der Waals surface area contributed by atoms with Gasteiger partial charge in [-0.1, -0.05) is 6.07 Å². The Morgan fingerprint density at radius 1 is 1.15 bits per heavy atom. The Morgan fingerprint density at radius 3 is 2.74 bits per heavy atom. The third-order valence-corrected chi connectivity index (χ3v) is 5.35. The molecular formula is C26H29N3O5. The van der Waals surface area contributed by atoms with Crippen LogP contribution in [-0.4, -0.2) is 69.4 Å². The second kappa shape index (κ2) is 10.9. The molecule has 1 N–H and O–H groups in total. The lowest BCUT2D eigenvalue weighted by Gasteiger charge is -2.28. The van der Waals surface area contributed by atoms with E-state index in [4.69, 9.17) is 18.9 Å². The summed E-state index contributed by atoms with van der Waals surface area (Å²) in [7, 11) is 5.60. The molecule has 178 valence electrons. The Labute approximate surface area is 199 Å². The van der Waals surface area contributed by atoms with Gasteiger partial charge in [-0.25, -0.2) is 0 Å². The number of carbonyl (C=O) groups excluding carboxylic acids is 1. The normalized spacial score (nSPS) is 14.5. The number of nitrogens with one attached hydrogen (secondary N) is 1. The lowest BCUT2D eigenvalue weighted by molar-refractivity contribution is 0.0793. The number of hydrogen-bond acceptors (Lipinski definition) is 7. The summed E-state index contributed by atoms with van der Waals surface area (Å²) in [6.45, 7) is 2.05. The van der Waals surface area contributed by atoms with Crippen LogP contribution in [0, 0.1) is 0 Å². The van der Waals surface area contributed by atoms with Crippen molar-refractivity contribution in [3.63, 3.8) is 0 Å². The number of hydrogen-bond donors (Lipinski definition) is 1. The monoisotopic (exact) mass is 463 g/mol. The number of amides is 1. The number of benzene rings is 2. The van der Waals surface area contributed by atoms with E-state index in [1.165, 1.54) is 0 Å². The van der Waals surface area contributed by atoms with Crippen LogP contribution in [0.25, 0.3) is 11.3 Å². The number of pyridine rings is 1. The average molecular weight is 464 g/mol. The maximum absolute atomic E-state index is 12.6. The summed E-state index contributed by atoms with van der Waals surface area (Å²) in [6.07, 6.45) is 1.35. The molecule has 4 rings (SSSR count). The van der Waals surface area contributed by atoms with Crippen LogP contribution in [0.15, 0.2) is 60.8 Å². The lowest BCUT2D eigenvalue weighted by atomic mass is 10.1. The van der Waals surface area contributed by atoms with Crippen LogP contribution in [-0.2, 0) is 0 Å². The third kappa shape index (κ3) is 5.77. The first-order valence-corrected chi connectivity index (χ1v) is 11.1. The van der Waals surface area contributed by atoms with Crippen molar-refractivity contribution in [2.24, 2.45) is 0 Å². The molecular weight excluding hydrogens is 434 g/mol. The summed E-state index contributed by atoms with van der Waals surface area (Å²) >= 11 is 0. The molecule has 1 aliphatic rings. The summed E-state index contributed by atoms with van der Waals surface area (Å²) in [5, 5.41) is 2.93. The molecule has 0 aliphatic carbocycles. The SMILES string of the molecule is COc1ccnc(-c2cccc3c2OC(CNC(=O)c2ccc(OCCN(C)C)cc2)CO3)c1. The maximum atomic E-state index is 12.6. The molecule has 0 fully saturated rings. The van der Waals surface area contributed by atoms with E-state index in [1.807, 2.05) is 43.3 Å². The third-order valence-electron chi connectivity index (χ3n) is 5.35. The molecule has 0 spiro atoms. The van der Waals surface area contributed by atoms with Crippen LogP contribution in [0.5, 0.6) is 23.0 Å². The van der Waals surface area contributed by atoms with Gasteiger partial charge in [-0.3, -0.25) is 9.78 Å². The van der Waals surface area contributed by atoms with E-state index in [-0.39, 0.29) is 12.0 Å². The van der Waals surface area contributed by atoms with Gasteiger partial charge in [0.25, 0.3) is 5.91 Å². The molecule has 0 bridgehead atoms. The number of para-hydroxylation sites is 1. The van der Waals surface area contributed by atoms with Crippen LogP contribution >= 0.6 is 0 Å². The van der Waals surface area contributed by atoms with E-state index in [0.29, 0.717) is 42.6 Å². The average Bonchev–Trinajstić information content (AvgIpc) is 2.87. The molecule has 1 unspecified atom stereocenters. The Hall–Kier alpha value is -3.78. The second-order valence-corrected chi connectivity index (χ2v) is 8.15. The van der Waals surface area contributed by atoms with Crippen molar-refractivity contribution in [3.8, 4) is 34.3 Å². The molecule has 2 heterocycles. The van der Waals surface area contributed by atoms with E-state index in [1.54, 1.807) is 43.6 Å². The van der Waals surface area contributed by atoms with Gasteiger partial charge in [0.2, 0.25) is 0 Å². The predicted molar refractivity (Wildman–Crippen MR) is 129 cm³/mol. The first kappa shape index (κ1) is 23.4. The molecule has 0 radical (unpaired) electrons. The number of likely N-dealkylation sites (N-methyl/N-ethyl adjacent to an activating group) is 1. The fraction of sp³-hybridized carbons (Fsp3) is 0.308. The molecule has 0 saturated heterocycles. The highest BCUT2D eigenvalue weighted by molar-refractivity contribution is 5.94. The van der Waals surface area contributed by atoms with Gasteiger partial charge in [0.1, 0.15) is 30.8 Å². The summed E-state index contributed by atoms with van der Waals surface area (Å²) in [4.78, 5) is 19.1. The van der Waals surface area contributed by atoms with E-state index >= 15 is 0 Å². The van der Waals surface area contributed by atoms with E-state index < -0.39 is 0 Å². The molecule has 3 aromatic rings. The van der Waals surface area contributed by atoms with Crippen LogP contribution in [0.2, 0.25) is 0 Å². The van der Waals surface area contributed by atoms with Crippen molar-refractivity contribution in [3.05, 3.63) is 66.4 Å². The van der Waals surface area contributed by atoms with Crippen molar-refractivity contribution >= 4 is 5.91 Å². The second-order valence-electron chi connectivity index (χ2n) is 8.15. The van der Waals surface area contributed by atoms with Gasteiger partial charge in [-0.2, -0.15) is 0 Å². The van der Waals surface area contributed by atoms with Crippen LogP contribution in [0.3, 0.4) is 0 Å². The minimum absolute atomic E-state index is 0.183. The van der Waals surface area contributed by atoms with Crippen molar-refractivity contribution in [2.45, 2.75) is 6.10 Å². The topological polar surface area (TPSA) is 82.2 Å². The minimum atomic E-state index is -0.336. The number of methoxy groups -OCH3 is 1. The number of aromatic nitrogens is 1. The van der Waals surface area contributed by atoms with Gasteiger partial charge in [0, 0.05) is 29.9 Å². The van der Waals surface area contributed by atoms with E-state index in [2.05, 4.69) is 10.3 Å². The molecule has 1 atom stereocenters. The number of rotatable bonds is 9. The molecule has 8 nitrogen and oxygen atoms in total. The largest absolute Gasteiger partial charge is 0.497 e. The molecule has 1 amide bonds.